The Labute approximate surface area is 435 Å². The molecule has 7 aromatic rings. The van der Waals surface area contributed by atoms with Gasteiger partial charge >= 0.3 is 20.9 Å². The van der Waals surface area contributed by atoms with Crippen molar-refractivity contribution in [2.75, 3.05) is 67.4 Å². The van der Waals surface area contributed by atoms with Crippen LogP contribution < -0.4 is 39.5 Å². The van der Waals surface area contributed by atoms with Crippen LogP contribution in [0.4, 0.5) is 29.4 Å². The molecule has 0 amide bonds. The van der Waals surface area contributed by atoms with Crippen molar-refractivity contribution >= 4 is 78.0 Å². The Kier molecular flexibility index (Phi) is 18.8. The van der Waals surface area contributed by atoms with Crippen LogP contribution in [0.1, 0.15) is 44.7 Å². The summed E-state index contributed by atoms with van der Waals surface area (Å²) in [6.07, 6.45) is 12.8. The molecule has 0 radical (unpaired) electrons. The van der Waals surface area contributed by atoms with Crippen LogP contribution in [-0.4, -0.2) is 165 Å². The molecule has 0 aromatic carbocycles. The Bertz CT molecular complexity index is 3370. The molecular formula is C42H61N19O14P2. The van der Waals surface area contributed by atoms with Crippen molar-refractivity contribution in [3.05, 3.63) is 70.6 Å². The number of aromatic amines is 1. The molecule has 418 valence electrons. The van der Waals surface area contributed by atoms with Crippen LogP contribution in [0.25, 0.3) is 33.5 Å². The van der Waals surface area contributed by atoms with E-state index in [1.807, 2.05) is 10.6 Å². The van der Waals surface area contributed by atoms with Crippen LogP contribution in [0.15, 0.2) is 59.3 Å². The van der Waals surface area contributed by atoms with E-state index in [1.54, 1.807) is 22.4 Å². The van der Waals surface area contributed by atoms with Crippen molar-refractivity contribution in [2.45, 2.75) is 76.0 Å². The van der Waals surface area contributed by atoms with Crippen LogP contribution in [0.3, 0.4) is 0 Å². The van der Waals surface area contributed by atoms with E-state index in [0.29, 0.717) is 29.4 Å². The van der Waals surface area contributed by atoms with Crippen LogP contribution in [-0.2, 0) is 31.7 Å². The Morgan fingerprint density at radius 3 is 2.09 bits per heavy atom. The lowest BCUT2D eigenvalue weighted by molar-refractivity contribution is -0.00528. The number of hydrogen-bond donors (Lipinski definition) is 14. The Hall–Kier alpha value is -6.87. The number of aliphatic hydroxyl groups excluding tert-OH is 4. The third kappa shape index (κ3) is 15.2. The number of anilines is 5. The molecule has 77 heavy (non-hydrogen) atoms. The van der Waals surface area contributed by atoms with Gasteiger partial charge in [0.2, 0.25) is 11.9 Å². The summed E-state index contributed by atoms with van der Waals surface area (Å²) in [5.74, 6) is 1.60. The lowest BCUT2D eigenvalue weighted by Gasteiger charge is -2.43. The Morgan fingerprint density at radius 1 is 0.753 bits per heavy atom. The third-order valence-electron chi connectivity index (χ3n) is 12.4. The van der Waals surface area contributed by atoms with E-state index >= 15 is 0 Å². The van der Waals surface area contributed by atoms with Crippen molar-refractivity contribution in [1.29, 1.82) is 0 Å². The quantitative estimate of drug-likeness (QED) is 0.0334. The number of nitrogens with zero attached hydrogens (tertiary/aromatic N) is 13. The first kappa shape index (κ1) is 57.8. The minimum atomic E-state index is -4.31. The fraction of sp³-hybridized carbons (Fsp3) is 0.500. The van der Waals surface area contributed by atoms with Crippen LogP contribution >= 0.6 is 15.2 Å². The van der Waals surface area contributed by atoms with E-state index < -0.39 is 52.4 Å². The zero-order chi connectivity index (χ0) is 55.8. The highest BCUT2D eigenvalue weighted by molar-refractivity contribution is 7.51. The van der Waals surface area contributed by atoms with Gasteiger partial charge in [-0.1, -0.05) is 12.2 Å². The maximum atomic E-state index is 11.7. The number of ether oxygens (including phenoxy) is 2. The number of nitrogen functional groups attached to an aromatic ring is 4. The average Bonchev–Trinajstić information content (AvgIpc) is 3.73. The number of imidazole rings is 3. The van der Waals surface area contributed by atoms with Gasteiger partial charge < -0.3 is 91.4 Å². The fourth-order valence-electron chi connectivity index (χ4n) is 8.31. The lowest BCUT2D eigenvalue weighted by atomic mass is 9.70. The van der Waals surface area contributed by atoms with E-state index in [4.69, 9.17) is 57.1 Å². The predicted octanol–water partition coefficient (Wildman–Crippen LogP) is -1.76. The van der Waals surface area contributed by atoms with Gasteiger partial charge in [-0.25, -0.2) is 29.7 Å². The van der Waals surface area contributed by atoms with Gasteiger partial charge in [-0.05, 0) is 44.6 Å². The molecule has 18 N–H and O–H groups in total. The topological polar surface area (TPSA) is 516 Å². The summed E-state index contributed by atoms with van der Waals surface area (Å²) in [6.45, 7) is 1.68. The van der Waals surface area contributed by atoms with Crippen molar-refractivity contribution in [1.82, 2.24) is 68.1 Å². The number of aliphatic hydroxyl groups is 4. The van der Waals surface area contributed by atoms with Crippen LogP contribution in [0.5, 0.6) is 0 Å². The third-order valence-corrected chi connectivity index (χ3v) is 13.4. The van der Waals surface area contributed by atoms with E-state index in [0.717, 1.165) is 47.2 Å². The second-order valence-corrected chi connectivity index (χ2v) is 21.5. The average molecular weight is 1120 g/mol. The maximum absolute atomic E-state index is 11.7. The molecule has 7 heterocycles. The monoisotopic (exact) mass is 1120 g/mol. The van der Waals surface area contributed by atoms with Gasteiger partial charge in [0.1, 0.15) is 30.4 Å². The molecule has 0 saturated heterocycles. The summed E-state index contributed by atoms with van der Waals surface area (Å²) in [5, 5.41) is 40.2. The van der Waals surface area contributed by atoms with Gasteiger partial charge in [0, 0.05) is 49.9 Å². The van der Waals surface area contributed by atoms with Gasteiger partial charge in [-0.2, -0.15) is 19.9 Å². The first-order valence-corrected chi connectivity index (χ1v) is 27.3. The molecule has 0 aliphatic heterocycles. The van der Waals surface area contributed by atoms with Crippen molar-refractivity contribution < 1.29 is 58.6 Å². The molecule has 0 unspecified atom stereocenters. The minimum absolute atomic E-state index is 0.0131. The molecule has 3 aliphatic rings. The predicted molar refractivity (Wildman–Crippen MR) is 276 cm³/mol. The molecule has 2 fully saturated rings. The van der Waals surface area contributed by atoms with Crippen molar-refractivity contribution in [3.8, 4) is 0 Å². The fourth-order valence-corrected chi connectivity index (χ4v) is 9.16. The first-order valence-electron chi connectivity index (χ1n) is 23.8. The summed E-state index contributed by atoms with van der Waals surface area (Å²) in [5.41, 5.74) is 24.5. The summed E-state index contributed by atoms with van der Waals surface area (Å²) in [6, 6.07) is 2.02. The number of fused-ring (bicyclic) bond motifs is 3. The molecule has 3 aliphatic carbocycles. The molecule has 0 bridgehead atoms. The molecule has 7 aromatic heterocycles. The minimum Gasteiger partial charge on any atom is -0.396 e. The highest BCUT2D eigenvalue weighted by atomic mass is 31.2. The highest BCUT2D eigenvalue weighted by Gasteiger charge is 2.42. The normalized spacial score (nSPS) is 19.9. The number of rotatable bonds is 18. The summed E-state index contributed by atoms with van der Waals surface area (Å²) in [7, 11) is -8.47. The first-order chi connectivity index (χ1) is 36.6. The van der Waals surface area contributed by atoms with E-state index in [1.165, 1.54) is 31.2 Å². The van der Waals surface area contributed by atoms with Crippen molar-refractivity contribution in [3.63, 3.8) is 0 Å². The van der Waals surface area contributed by atoms with Crippen LogP contribution in [0, 0.1) is 17.8 Å². The standard InChI is InChI=1S/C14H18N6O.C11H15N5O3.C9H14N5O4P.C8H14N3O6P/c15-14-18-12(17-9-2-3-9)11-13(19-14)20(7-16-11)10-4-1-8(5-10)6-21;12-11-14-9-8(10(19)15-11)13-4-16(9)7-1-5(2-17)6(7)3-18;1-6(18-5-19(15,16)17)2-14-4-13-7-8(10)11-3-12-9(7)14;9-7-1-2-11(8(13)10-7)3-6(4-12)17-5-18(14,15)16/h1,4,7-10,21H,2-3,5-6H2,(H3,15,17,18,19);4-7,17-18H,1-3H2,(H3,12,14,15,19);3-4,6H,2,5H2,1H3,(H2,10,11,12)(H2,15,16,17);1-2,6,12H,3-5H2,(H2,9,10,13)(H2,14,15,16)/t8-,10+;5-,6-,7-;2*6-/m1110/s1. The van der Waals surface area contributed by atoms with E-state index in [-0.39, 0.29) is 90.8 Å². The molecule has 0 spiro atoms. The molecule has 35 heteroatoms. The summed E-state index contributed by atoms with van der Waals surface area (Å²) >= 11 is 0. The second kappa shape index (κ2) is 25.1. The number of nitrogens with two attached hydrogens (primary N) is 4. The number of allylic oxidation sites excluding steroid dienone is 1. The van der Waals surface area contributed by atoms with Gasteiger partial charge in [-0.15, -0.1) is 0 Å². The zero-order valence-electron chi connectivity index (χ0n) is 41.3. The van der Waals surface area contributed by atoms with Gasteiger partial charge in [0.25, 0.3) is 5.56 Å². The van der Waals surface area contributed by atoms with E-state index in [9.17, 15) is 34.0 Å². The number of hydrogen-bond acceptors (Lipinski definition) is 24. The Balaban J connectivity index is 0.000000149. The largest absolute Gasteiger partial charge is 0.396 e. The van der Waals surface area contributed by atoms with Gasteiger partial charge in [-0.3, -0.25) is 23.5 Å². The van der Waals surface area contributed by atoms with Gasteiger partial charge in [0.05, 0.1) is 56.9 Å². The zero-order valence-corrected chi connectivity index (χ0v) is 43.1. The summed E-state index contributed by atoms with van der Waals surface area (Å²) < 4.78 is 37.8. The smallest absolute Gasteiger partial charge is 0.350 e. The second-order valence-electron chi connectivity index (χ2n) is 18.3. The van der Waals surface area contributed by atoms with E-state index in [2.05, 4.69) is 61.2 Å². The van der Waals surface area contributed by atoms with Gasteiger partial charge in [0.15, 0.2) is 39.6 Å². The lowest BCUT2D eigenvalue weighted by Crippen LogP contribution is -2.42. The SMILES string of the molecule is C[C@H](Cn1cnc2c(N)ncnc21)OCP(=O)(O)O.Nc1ccn(C[C@@H](CO)OCP(=O)(O)O)c(=O)n1.Nc1nc(NC2CC2)c2ncn([C@H]3C=C[C@@H](CO)C3)c2n1.Nc1nc2c(ncn2[C@@H]2C[C@H](CO)[C@H]2CO)c(=O)[nH]1. The molecule has 2 saturated carbocycles. The number of H-pyrrole nitrogens is 1. The highest BCUT2D eigenvalue weighted by Crippen LogP contribution is 2.44. The molecule has 10 rings (SSSR count). The van der Waals surface area contributed by atoms with Crippen molar-refractivity contribution in [2.24, 2.45) is 17.8 Å². The summed E-state index contributed by atoms with van der Waals surface area (Å²) in [4.78, 5) is 96.8. The number of aromatic nitrogens is 14. The Morgan fingerprint density at radius 2 is 1.44 bits per heavy atom. The van der Waals surface area contributed by atoms with Crippen LogP contribution in [0.2, 0.25) is 0 Å². The maximum Gasteiger partial charge on any atom is 0.350 e. The number of nitrogens with one attached hydrogen (secondary N) is 2. The molecule has 33 nitrogen and oxygen atoms in total. The molecule has 7 atom stereocenters. The molecular weight excluding hydrogens is 1060 g/mol.